The fourth-order valence-electron chi connectivity index (χ4n) is 6.49. The number of hydrogen-bond donors (Lipinski definition) is 3. The molecule has 0 radical (unpaired) electrons. The molecule has 0 amide bonds. The molecule has 8 heteroatoms. The molecule has 8 nitrogen and oxygen atoms in total. The van der Waals surface area contributed by atoms with Gasteiger partial charge >= 0.3 is 5.97 Å². The molecule has 0 saturated carbocycles. The number of carboxylic acids is 1. The summed E-state index contributed by atoms with van der Waals surface area (Å²) in [5.74, 6) is -6.26. The number of aliphatic carboxylic acids is 1. The lowest BCUT2D eigenvalue weighted by atomic mass is 9.69. The number of methoxy groups -OCH3 is 1. The Bertz CT molecular complexity index is 738. The van der Waals surface area contributed by atoms with Crippen LogP contribution >= 0.6 is 0 Å². The van der Waals surface area contributed by atoms with E-state index in [1.165, 1.54) is 6.92 Å². The van der Waals surface area contributed by atoms with Crippen LogP contribution in [0.5, 0.6) is 0 Å². The van der Waals surface area contributed by atoms with Crippen molar-refractivity contribution in [3.05, 3.63) is 0 Å². The number of rotatable bonds is 5. The Morgan fingerprint density at radius 3 is 2.09 bits per heavy atom. The highest BCUT2D eigenvalue weighted by atomic mass is 16.7. The van der Waals surface area contributed by atoms with Crippen molar-refractivity contribution in [2.75, 3.05) is 7.11 Å². The van der Waals surface area contributed by atoms with Crippen LogP contribution in [-0.4, -0.2) is 69.5 Å². The summed E-state index contributed by atoms with van der Waals surface area (Å²) < 4.78 is 25.0. The van der Waals surface area contributed by atoms with Crippen LogP contribution in [0.2, 0.25) is 0 Å². The first-order valence-corrected chi connectivity index (χ1v) is 12.3. The third-order valence-corrected chi connectivity index (χ3v) is 8.83. The molecule has 3 aliphatic heterocycles. The van der Waals surface area contributed by atoms with E-state index in [9.17, 15) is 20.1 Å². The molecule has 0 bridgehead atoms. The van der Waals surface area contributed by atoms with Gasteiger partial charge < -0.3 is 34.3 Å². The van der Waals surface area contributed by atoms with Crippen LogP contribution < -0.4 is 0 Å². The maximum atomic E-state index is 11.8. The molecule has 3 heterocycles. The molecule has 11 atom stereocenters. The molecule has 3 N–H and O–H groups in total. The second-order valence-electron chi connectivity index (χ2n) is 11.8. The quantitative estimate of drug-likeness (QED) is 0.559. The molecule has 1 spiro atoms. The summed E-state index contributed by atoms with van der Waals surface area (Å²) in [5, 5.41) is 32.5. The van der Waals surface area contributed by atoms with Crippen LogP contribution in [0.3, 0.4) is 0 Å². The van der Waals surface area contributed by atoms with Gasteiger partial charge in [-0.3, -0.25) is 4.79 Å². The van der Waals surface area contributed by atoms with E-state index in [2.05, 4.69) is 0 Å². The van der Waals surface area contributed by atoms with E-state index in [1.54, 1.807) is 14.0 Å². The maximum Gasteiger partial charge on any atom is 0.311 e. The molecule has 0 aromatic heterocycles. The highest BCUT2D eigenvalue weighted by Crippen LogP contribution is 2.52. The molecular formula is C25H44O8. The fraction of sp³-hybridized carbons (Fsp3) is 0.960. The van der Waals surface area contributed by atoms with Crippen molar-refractivity contribution < 1.29 is 39.1 Å². The minimum absolute atomic E-state index is 0.138. The number of aliphatic hydroxyl groups is 2. The average molecular weight is 473 g/mol. The predicted octanol–water partition coefficient (Wildman–Crippen LogP) is 3.18. The third-order valence-electron chi connectivity index (χ3n) is 8.83. The van der Waals surface area contributed by atoms with Crippen LogP contribution in [0.1, 0.15) is 74.7 Å². The molecule has 0 aliphatic carbocycles. The van der Waals surface area contributed by atoms with Gasteiger partial charge in [0.1, 0.15) is 5.92 Å². The summed E-state index contributed by atoms with van der Waals surface area (Å²) in [7, 11) is 1.57. The monoisotopic (exact) mass is 472 g/mol. The van der Waals surface area contributed by atoms with E-state index in [4.69, 9.17) is 18.9 Å². The highest BCUT2D eigenvalue weighted by Gasteiger charge is 2.61. The zero-order valence-electron chi connectivity index (χ0n) is 21.6. The Balaban J connectivity index is 1.95. The van der Waals surface area contributed by atoms with Crippen molar-refractivity contribution >= 4 is 5.97 Å². The van der Waals surface area contributed by atoms with Gasteiger partial charge in [-0.25, -0.2) is 0 Å². The van der Waals surface area contributed by atoms with E-state index in [-0.39, 0.29) is 23.4 Å². The largest absolute Gasteiger partial charge is 0.481 e. The lowest BCUT2D eigenvalue weighted by Crippen LogP contribution is -2.65. The van der Waals surface area contributed by atoms with Gasteiger partial charge in [-0.1, -0.05) is 27.7 Å². The Morgan fingerprint density at radius 2 is 1.61 bits per heavy atom. The molecular weight excluding hydrogens is 428 g/mol. The molecule has 0 aromatic carbocycles. The highest BCUT2D eigenvalue weighted by molar-refractivity contribution is 5.70. The summed E-state index contributed by atoms with van der Waals surface area (Å²) in [4.78, 5) is 11.8. The second-order valence-corrected chi connectivity index (χ2v) is 11.8. The number of ether oxygens (including phenoxy) is 4. The lowest BCUT2D eigenvalue weighted by Gasteiger charge is -2.56. The molecule has 0 unspecified atom stereocenters. The average Bonchev–Trinajstić information content (AvgIpc) is 3.00. The van der Waals surface area contributed by atoms with Crippen LogP contribution in [-0.2, 0) is 23.7 Å². The van der Waals surface area contributed by atoms with Gasteiger partial charge in [-0.15, -0.1) is 0 Å². The summed E-state index contributed by atoms with van der Waals surface area (Å²) in [6, 6.07) is 0. The standard InChI is InChI=1S/C25H44O8/c1-13-18(32-25(29,17(5)21(26)27)16(4)19(13)30-9)14(2)20-15(3)23(8,28)12-24(31-20)11-10-22(6,7)33-24/h13-20,28-29H,10-12H2,1-9H3,(H,26,27)/t13-,14-,15-,16+,17+,18-,19-,20+,23-,24+,25+/m0/s1. The Morgan fingerprint density at radius 1 is 1.00 bits per heavy atom. The van der Waals surface area contributed by atoms with Crippen LogP contribution in [0, 0.1) is 29.6 Å². The molecule has 3 fully saturated rings. The Labute approximate surface area is 197 Å². The van der Waals surface area contributed by atoms with Gasteiger partial charge in [0, 0.05) is 43.6 Å². The van der Waals surface area contributed by atoms with Gasteiger partial charge in [0.2, 0.25) is 0 Å². The Kier molecular flexibility index (Phi) is 7.08. The third kappa shape index (κ3) is 4.59. The molecule has 33 heavy (non-hydrogen) atoms. The van der Waals surface area contributed by atoms with Gasteiger partial charge in [0.25, 0.3) is 0 Å². The van der Waals surface area contributed by atoms with Crippen LogP contribution in [0.25, 0.3) is 0 Å². The number of carbonyl (C=O) groups is 1. The number of hydrogen-bond acceptors (Lipinski definition) is 7. The zero-order valence-corrected chi connectivity index (χ0v) is 21.6. The first-order valence-electron chi connectivity index (χ1n) is 12.3. The normalized spacial score (nSPS) is 49.7. The summed E-state index contributed by atoms with van der Waals surface area (Å²) in [6.45, 7) is 15.0. The summed E-state index contributed by atoms with van der Waals surface area (Å²) in [5.41, 5.74) is -1.36. The van der Waals surface area contributed by atoms with Gasteiger partial charge in [0.15, 0.2) is 11.6 Å². The SMILES string of the molecule is CO[C@H]1[C@@H](C)[C@@H]([C@H](C)[C@H]2O[C@@]3(CCC(C)(C)O3)C[C@](C)(O)[C@H]2C)O[C@@](O)([C@H](C)C(=O)O)[C@@H]1C. The van der Waals surface area contributed by atoms with Gasteiger partial charge in [-0.2, -0.15) is 0 Å². The topological polar surface area (TPSA) is 115 Å². The van der Waals surface area contributed by atoms with Crippen LogP contribution in [0.15, 0.2) is 0 Å². The Hall–Kier alpha value is -0.770. The van der Waals surface area contributed by atoms with Crippen molar-refractivity contribution in [1.82, 2.24) is 0 Å². The second kappa shape index (κ2) is 8.71. The predicted molar refractivity (Wildman–Crippen MR) is 121 cm³/mol. The van der Waals surface area contributed by atoms with Crippen molar-refractivity contribution in [2.24, 2.45) is 29.6 Å². The van der Waals surface area contributed by atoms with Crippen molar-refractivity contribution in [1.29, 1.82) is 0 Å². The first-order chi connectivity index (χ1) is 15.0. The first kappa shape index (κ1) is 26.8. The molecule has 192 valence electrons. The summed E-state index contributed by atoms with van der Waals surface area (Å²) >= 11 is 0. The molecule has 0 aromatic rings. The van der Waals surface area contributed by atoms with Gasteiger partial charge in [0.05, 0.1) is 29.5 Å². The minimum atomic E-state index is -1.90. The van der Waals surface area contributed by atoms with E-state index < -0.39 is 53.3 Å². The van der Waals surface area contributed by atoms with E-state index in [1.807, 2.05) is 41.5 Å². The van der Waals surface area contributed by atoms with Crippen molar-refractivity contribution in [3.63, 3.8) is 0 Å². The molecule has 3 saturated heterocycles. The maximum absolute atomic E-state index is 11.8. The van der Waals surface area contributed by atoms with Crippen molar-refractivity contribution in [2.45, 2.75) is 116 Å². The molecule has 3 aliphatic rings. The van der Waals surface area contributed by atoms with Gasteiger partial charge in [-0.05, 0) is 34.1 Å². The zero-order chi connectivity index (χ0) is 25.1. The van der Waals surface area contributed by atoms with Crippen molar-refractivity contribution in [3.8, 4) is 0 Å². The summed E-state index contributed by atoms with van der Waals surface area (Å²) in [6.07, 6.45) is 0.509. The van der Waals surface area contributed by atoms with E-state index in [0.717, 1.165) is 6.42 Å². The number of carboxylic acid groups (broad SMARTS) is 1. The van der Waals surface area contributed by atoms with E-state index >= 15 is 0 Å². The van der Waals surface area contributed by atoms with Crippen LogP contribution in [0.4, 0.5) is 0 Å². The molecule has 3 rings (SSSR count). The lowest BCUT2D eigenvalue weighted by molar-refractivity contribution is -0.368. The minimum Gasteiger partial charge on any atom is -0.481 e. The smallest absolute Gasteiger partial charge is 0.311 e. The fourth-order valence-corrected chi connectivity index (χ4v) is 6.49. The van der Waals surface area contributed by atoms with E-state index in [0.29, 0.717) is 12.8 Å².